The van der Waals surface area contributed by atoms with Crippen LogP contribution in [0.1, 0.15) is 10.4 Å². The summed E-state index contributed by atoms with van der Waals surface area (Å²) in [7, 11) is -3.23. The third-order valence-electron chi connectivity index (χ3n) is 3.31. The van der Waals surface area contributed by atoms with Gasteiger partial charge in [0.2, 0.25) is 9.84 Å². The Kier molecular flexibility index (Phi) is 5.88. The molecule has 0 aliphatic rings. The van der Waals surface area contributed by atoms with Gasteiger partial charge in [-0.1, -0.05) is 0 Å². The van der Waals surface area contributed by atoms with Gasteiger partial charge in [0, 0.05) is 24.0 Å². The Balaban J connectivity index is 2.07. The third kappa shape index (κ3) is 4.54. The van der Waals surface area contributed by atoms with Crippen LogP contribution in [-0.4, -0.2) is 33.2 Å². The zero-order chi connectivity index (χ0) is 19.3. The molecule has 0 radical (unpaired) electrons. The molecule has 0 bridgehead atoms. The van der Waals surface area contributed by atoms with E-state index >= 15 is 0 Å². The van der Waals surface area contributed by atoms with Crippen molar-refractivity contribution in [1.82, 2.24) is 5.32 Å². The van der Waals surface area contributed by atoms with Gasteiger partial charge in [-0.25, -0.2) is 13.2 Å². The number of anilines is 2. The summed E-state index contributed by atoms with van der Waals surface area (Å²) in [5, 5.41) is 7.52. The van der Waals surface area contributed by atoms with Gasteiger partial charge in [0.1, 0.15) is 0 Å². The van der Waals surface area contributed by atoms with E-state index in [0.29, 0.717) is 11.4 Å². The molecule has 0 aromatic heterocycles. The molecule has 0 fully saturated rings. The molecule has 3 amide bonds. The van der Waals surface area contributed by atoms with Crippen LogP contribution in [0, 0.1) is 0 Å². The van der Waals surface area contributed by atoms with Gasteiger partial charge in [-0.15, -0.1) is 0 Å². The van der Waals surface area contributed by atoms with Crippen molar-refractivity contribution in [3.8, 4) is 0 Å². The molecule has 0 unspecified atom stereocenters. The predicted octanol–water partition coefficient (Wildman–Crippen LogP) is 2.69. The van der Waals surface area contributed by atoms with Crippen molar-refractivity contribution in [2.75, 3.05) is 17.7 Å². The molecule has 10 heteroatoms. The van der Waals surface area contributed by atoms with E-state index in [0.717, 1.165) is 24.3 Å². The number of urea groups is 1. The molecule has 138 valence electrons. The van der Waals surface area contributed by atoms with Gasteiger partial charge in [0.25, 0.3) is 5.91 Å². The Morgan fingerprint density at radius 2 is 1.38 bits per heavy atom. The zero-order valence-electron chi connectivity index (χ0n) is 13.5. The fourth-order valence-electron chi connectivity index (χ4n) is 1.93. The monoisotopic (exact) mass is 383 g/mol. The van der Waals surface area contributed by atoms with Crippen LogP contribution in [0.25, 0.3) is 0 Å². The molecular formula is C16H15F2N3O4S. The average molecular weight is 383 g/mol. The molecule has 0 saturated carbocycles. The topological polar surface area (TPSA) is 104 Å². The lowest BCUT2D eigenvalue weighted by molar-refractivity contribution is 0.102. The van der Waals surface area contributed by atoms with Crippen molar-refractivity contribution in [2.45, 2.75) is 10.7 Å². The number of carbonyl (C=O) groups is 2. The van der Waals surface area contributed by atoms with Gasteiger partial charge in [-0.3, -0.25) is 4.79 Å². The highest BCUT2D eigenvalue weighted by Crippen LogP contribution is 2.19. The number of benzene rings is 2. The van der Waals surface area contributed by atoms with Crippen molar-refractivity contribution in [3.63, 3.8) is 0 Å². The highest BCUT2D eigenvalue weighted by atomic mass is 32.2. The van der Waals surface area contributed by atoms with E-state index in [2.05, 4.69) is 16.0 Å². The molecule has 0 spiro atoms. The van der Waals surface area contributed by atoms with Gasteiger partial charge in [0.15, 0.2) is 0 Å². The van der Waals surface area contributed by atoms with Gasteiger partial charge in [0.05, 0.1) is 4.90 Å². The molecule has 0 atom stereocenters. The second-order valence-corrected chi connectivity index (χ2v) is 6.98. The number of amides is 3. The molecule has 0 aliphatic heterocycles. The summed E-state index contributed by atoms with van der Waals surface area (Å²) in [5.74, 6) is -4.07. The van der Waals surface area contributed by atoms with Crippen LogP contribution in [0.3, 0.4) is 0 Å². The lowest BCUT2D eigenvalue weighted by Gasteiger charge is -2.08. The summed E-state index contributed by atoms with van der Waals surface area (Å²) in [4.78, 5) is 22.8. The molecule has 7 nitrogen and oxygen atoms in total. The number of hydrogen-bond donors (Lipinski definition) is 3. The lowest BCUT2D eigenvalue weighted by atomic mass is 10.2. The summed E-state index contributed by atoms with van der Waals surface area (Å²) in [6.07, 6.45) is 0. The lowest BCUT2D eigenvalue weighted by Crippen LogP contribution is -2.24. The van der Waals surface area contributed by atoms with Crippen LogP contribution < -0.4 is 16.0 Å². The van der Waals surface area contributed by atoms with Crippen molar-refractivity contribution < 1.29 is 26.8 Å². The van der Waals surface area contributed by atoms with E-state index in [1.54, 1.807) is 24.3 Å². The number of carbonyl (C=O) groups excluding carboxylic acids is 2. The standard InChI is InChI=1S/C16H15F2N3O4S/c1-19-16(23)21-12-6-4-11(5-7-12)20-14(22)10-2-8-13(9-3-10)26(24,25)15(17)18/h2-9,15H,1H3,(H,20,22)(H2,19,21,23). The molecule has 0 saturated heterocycles. The average Bonchev–Trinajstić information content (AvgIpc) is 2.63. The van der Waals surface area contributed by atoms with Crippen molar-refractivity contribution >= 4 is 33.2 Å². The van der Waals surface area contributed by atoms with E-state index in [1.165, 1.54) is 7.05 Å². The van der Waals surface area contributed by atoms with Crippen molar-refractivity contribution in [2.24, 2.45) is 0 Å². The normalized spacial score (nSPS) is 11.1. The first-order chi connectivity index (χ1) is 12.2. The molecular weight excluding hydrogens is 368 g/mol. The number of sulfone groups is 1. The number of rotatable bonds is 5. The Labute approximate surface area is 148 Å². The van der Waals surface area contributed by atoms with E-state index in [9.17, 15) is 26.8 Å². The van der Waals surface area contributed by atoms with Crippen LogP contribution in [0.5, 0.6) is 0 Å². The summed E-state index contributed by atoms with van der Waals surface area (Å²) in [6.45, 7) is 0. The fraction of sp³-hybridized carbons (Fsp3) is 0.125. The van der Waals surface area contributed by atoms with E-state index in [1.807, 2.05) is 0 Å². The zero-order valence-corrected chi connectivity index (χ0v) is 14.3. The molecule has 2 aromatic carbocycles. The van der Waals surface area contributed by atoms with E-state index < -0.39 is 26.4 Å². The molecule has 3 N–H and O–H groups in total. The Hall–Kier alpha value is -3.01. The Morgan fingerprint density at radius 3 is 1.85 bits per heavy atom. The first-order valence-electron chi connectivity index (χ1n) is 7.26. The van der Waals surface area contributed by atoms with Crippen LogP contribution in [0.2, 0.25) is 0 Å². The summed E-state index contributed by atoms with van der Waals surface area (Å²) >= 11 is 0. The van der Waals surface area contributed by atoms with E-state index in [4.69, 9.17) is 0 Å². The number of nitrogens with one attached hydrogen (secondary N) is 3. The maximum absolute atomic E-state index is 12.5. The van der Waals surface area contributed by atoms with Crippen molar-refractivity contribution in [1.29, 1.82) is 0 Å². The minimum Gasteiger partial charge on any atom is -0.341 e. The molecule has 0 heterocycles. The van der Waals surface area contributed by atoms with Gasteiger partial charge < -0.3 is 16.0 Å². The highest BCUT2D eigenvalue weighted by Gasteiger charge is 2.26. The summed E-state index contributed by atoms with van der Waals surface area (Å²) in [5.41, 5.74) is 1.05. The second-order valence-electron chi connectivity index (χ2n) is 5.07. The van der Waals surface area contributed by atoms with Crippen LogP contribution in [0.15, 0.2) is 53.4 Å². The minimum absolute atomic E-state index is 0.103. The first kappa shape index (κ1) is 19.3. The summed E-state index contributed by atoms with van der Waals surface area (Å²) < 4.78 is 47.7. The maximum Gasteiger partial charge on any atom is 0.341 e. The largest absolute Gasteiger partial charge is 0.341 e. The Bertz CT molecular complexity index is 898. The van der Waals surface area contributed by atoms with Crippen LogP contribution in [0.4, 0.5) is 25.0 Å². The molecule has 2 rings (SSSR count). The SMILES string of the molecule is CNC(=O)Nc1ccc(NC(=O)c2ccc(S(=O)(=O)C(F)F)cc2)cc1. The number of alkyl halides is 2. The minimum atomic E-state index is -4.70. The first-order valence-corrected chi connectivity index (χ1v) is 8.81. The smallest absolute Gasteiger partial charge is 0.341 e. The van der Waals surface area contributed by atoms with Crippen molar-refractivity contribution in [3.05, 3.63) is 54.1 Å². The van der Waals surface area contributed by atoms with Gasteiger partial charge in [-0.05, 0) is 48.5 Å². The van der Waals surface area contributed by atoms with Crippen LogP contribution in [-0.2, 0) is 9.84 Å². The van der Waals surface area contributed by atoms with Gasteiger partial charge in [-0.2, -0.15) is 8.78 Å². The molecule has 0 aliphatic carbocycles. The second kappa shape index (κ2) is 7.91. The molecule has 2 aromatic rings. The third-order valence-corrected chi connectivity index (χ3v) is 4.71. The highest BCUT2D eigenvalue weighted by molar-refractivity contribution is 7.91. The fourth-order valence-corrected chi connectivity index (χ4v) is 2.65. The number of halogens is 2. The maximum atomic E-state index is 12.5. The van der Waals surface area contributed by atoms with Gasteiger partial charge >= 0.3 is 11.8 Å². The molecule has 26 heavy (non-hydrogen) atoms. The quantitative estimate of drug-likeness (QED) is 0.738. The predicted molar refractivity (Wildman–Crippen MR) is 92.1 cm³/mol. The summed E-state index contributed by atoms with van der Waals surface area (Å²) in [6, 6.07) is 10.1. The number of hydrogen-bond acceptors (Lipinski definition) is 4. The Morgan fingerprint density at radius 1 is 0.885 bits per heavy atom. The van der Waals surface area contributed by atoms with Crippen LogP contribution >= 0.6 is 0 Å². The van der Waals surface area contributed by atoms with E-state index in [-0.39, 0.29) is 11.6 Å².